The van der Waals surface area contributed by atoms with Gasteiger partial charge < -0.3 is 29.2 Å². The standard InChI is InChI=1S/C13H20O9/c1-6(15)19-10-9(5-14)22-13(4,18)12(21-8(3)17)11(10)20-7(2)16/h9-12,14,18H,5H2,1-4H3/t9-,10-,11+,12-,13-/m1/s1. The molecule has 0 aliphatic carbocycles. The van der Waals surface area contributed by atoms with Crippen molar-refractivity contribution in [2.24, 2.45) is 0 Å². The van der Waals surface area contributed by atoms with Crippen LogP contribution in [0.15, 0.2) is 0 Å². The Morgan fingerprint density at radius 2 is 1.45 bits per heavy atom. The van der Waals surface area contributed by atoms with Crippen molar-refractivity contribution >= 4 is 17.9 Å². The fourth-order valence-electron chi connectivity index (χ4n) is 2.28. The molecule has 126 valence electrons. The van der Waals surface area contributed by atoms with Gasteiger partial charge in [0.25, 0.3) is 0 Å². The third-order valence-corrected chi connectivity index (χ3v) is 2.98. The first-order valence-corrected chi connectivity index (χ1v) is 6.61. The van der Waals surface area contributed by atoms with E-state index in [9.17, 15) is 24.6 Å². The van der Waals surface area contributed by atoms with E-state index in [1.165, 1.54) is 6.92 Å². The highest BCUT2D eigenvalue weighted by molar-refractivity contribution is 5.68. The molecule has 1 heterocycles. The Morgan fingerprint density at radius 3 is 1.86 bits per heavy atom. The summed E-state index contributed by atoms with van der Waals surface area (Å²) in [6, 6.07) is 0. The van der Waals surface area contributed by atoms with Crippen molar-refractivity contribution in [3.8, 4) is 0 Å². The molecule has 0 unspecified atom stereocenters. The zero-order valence-corrected chi connectivity index (χ0v) is 12.8. The van der Waals surface area contributed by atoms with Crippen LogP contribution in [0.2, 0.25) is 0 Å². The zero-order chi connectivity index (χ0) is 17.1. The van der Waals surface area contributed by atoms with Crippen molar-refractivity contribution in [3.05, 3.63) is 0 Å². The first-order valence-electron chi connectivity index (χ1n) is 6.61. The highest BCUT2D eigenvalue weighted by Crippen LogP contribution is 2.33. The second kappa shape index (κ2) is 7.03. The molecular weight excluding hydrogens is 300 g/mol. The molecule has 0 aromatic rings. The summed E-state index contributed by atoms with van der Waals surface area (Å²) in [4.78, 5) is 33.7. The molecular formula is C13H20O9. The number of carbonyl (C=O) groups is 3. The Morgan fingerprint density at radius 1 is 1.00 bits per heavy atom. The van der Waals surface area contributed by atoms with Crippen molar-refractivity contribution in [1.29, 1.82) is 0 Å². The van der Waals surface area contributed by atoms with E-state index in [4.69, 9.17) is 18.9 Å². The number of carbonyl (C=O) groups excluding carboxylic acids is 3. The van der Waals surface area contributed by atoms with E-state index in [1.807, 2.05) is 0 Å². The van der Waals surface area contributed by atoms with Gasteiger partial charge >= 0.3 is 17.9 Å². The van der Waals surface area contributed by atoms with Crippen LogP contribution in [-0.4, -0.2) is 64.9 Å². The number of rotatable bonds is 4. The average Bonchev–Trinajstić information content (AvgIpc) is 2.35. The average molecular weight is 320 g/mol. The summed E-state index contributed by atoms with van der Waals surface area (Å²) in [7, 11) is 0. The monoisotopic (exact) mass is 320 g/mol. The van der Waals surface area contributed by atoms with Gasteiger partial charge in [0.15, 0.2) is 18.3 Å². The summed E-state index contributed by atoms with van der Waals surface area (Å²) in [5.74, 6) is -4.26. The highest BCUT2D eigenvalue weighted by Gasteiger charge is 2.56. The van der Waals surface area contributed by atoms with Gasteiger partial charge in [0.05, 0.1) is 6.61 Å². The molecule has 9 nitrogen and oxygen atoms in total. The van der Waals surface area contributed by atoms with Crippen LogP contribution in [0.1, 0.15) is 27.7 Å². The second-order valence-corrected chi connectivity index (χ2v) is 5.07. The van der Waals surface area contributed by atoms with Crippen molar-refractivity contribution in [3.63, 3.8) is 0 Å². The van der Waals surface area contributed by atoms with Gasteiger partial charge in [-0.25, -0.2) is 0 Å². The first kappa shape index (κ1) is 18.3. The lowest BCUT2D eigenvalue weighted by Crippen LogP contribution is -2.66. The molecule has 22 heavy (non-hydrogen) atoms. The number of aliphatic hydroxyl groups excluding tert-OH is 1. The molecule has 0 saturated carbocycles. The fourth-order valence-corrected chi connectivity index (χ4v) is 2.28. The molecule has 9 heteroatoms. The van der Waals surface area contributed by atoms with E-state index in [1.54, 1.807) is 0 Å². The molecule has 0 spiro atoms. The van der Waals surface area contributed by atoms with Gasteiger partial charge in [-0.1, -0.05) is 0 Å². The molecule has 0 amide bonds. The largest absolute Gasteiger partial charge is 0.456 e. The Bertz CT molecular complexity index is 445. The van der Waals surface area contributed by atoms with Crippen LogP contribution < -0.4 is 0 Å². The number of hydrogen-bond acceptors (Lipinski definition) is 9. The molecule has 1 aliphatic rings. The molecule has 1 saturated heterocycles. The van der Waals surface area contributed by atoms with E-state index in [0.29, 0.717) is 0 Å². The minimum absolute atomic E-state index is 0.612. The maximum Gasteiger partial charge on any atom is 0.303 e. The summed E-state index contributed by atoms with van der Waals surface area (Å²) in [6.07, 6.45) is -5.15. The molecule has 1 fully saturated rings. The second-order valence-electron chi connectivity index (χ2n) is 5.07. The summed E-state index contributed by atoms with van der Waals surface area (Å²) in [6.45, 7) is 3.89. The first-order chi connectivity index (χ1) is 10.1. The lowest BCUT2D eigenvalue weighted by atomic mass is 9.92. The van der Waals surface area contributed by atoms with Gasteiger partial charge in [0.1, 0.15) is 6.10 Å². The fraction of sp³-hybridized carbons (Fsp3) is 0.769. The van der Waals surface area contributed by atoms with Gasteiger partial charge in [0, 0.05) is 20.8 Å². The number of hydrogen-bond donors (Lipinski definition) is 2. The lowest BCUT2D eigenvalue weighted by molar-refractivity contribution is -0.344. The molecule has 0 aromatic carbocycles. The van der Waals surface area contributed by atoms with E-state index < -0.39 is 54.7 Å². The van der Waals surface area contributed by atoms with Crippen LogP contribution in [0, 0.1) is 0 Å². The molecule has 0 bridgehead atoms. The minimum Gasteiger partial charge on any atom is -0.456 e. The van der Waals surface area contributed by atoms with Crippen LogP contribution in [-0.2, 0) is 33.3 Å². The Kier molecular flexibility index (Phi) is 5.86. The van der Waals surface area contributed by atoms with Crippen LogP contribution in [0.25, 0.3) is 0 Å². The van der Waals surface area contributed by atoms with Crippen molar-refractivity contribution in [1.82, 2.24) is 0 Å². The number of esters is 3. The lowest BCUT2D eigenvalue weighted by Gasteiger charge is -2.47. The maximum atomic E-state index is 11.3. The smallest absolute Gasteiger partial charge is 0.303 e. The van der Waals surface area contributed by atoms with Crippen molar-refractivity contribution in [2.45, 2.75) is 57.9 Å². The zero-order valence-electron chi connectivity index (χ0n) is 12.8. The number of ether oxygens (including phenoxy) is 4. The van der Waals surface area contributed by atoms with Crippen molar-refractivity contribution in [2.75, 3.05) is 6.61 Å². The van der Waals surface area contributed by atoms with Gasteiger partial charge in [0.2, 0.25) is 5.79 Å². The third kappa shape index (κ3) is 4.39. The van der Waals surface area contributed by atoms with E-state index in [0.717, 1.165) is 20.8 Å². The summed E-state index contributed by atoms with van der Waals surface area (Å²) in [5.41, 5.74) is 0. The maximum absolute atomic E-state index is 11.3. The highest BCUT2D eigenvalue weighted by atomic mass is 16.7. The van der Waals surface area contributed by atoms with Crippen LogP contribution in [0.3, 0.4) is 0 Å². The Balaban J connectivity index is 3.21. The molecule has 0 aromatic heterocycles. The van der Waals surface area contributed by atoms with Crippen LogP contribution >= 0.6 is 0 Å². The van der Waals surface area contributed by atoms with Gasteiger partial charge in [-0.05, 0) is 6.92 Å². The summed E-state index contributed by atoms with van der Waals surface area (Å²) < 4.78 is 20.2. The summed E-state index contributed by atoms with van der Waals surface area (Å²) >= 11 is 0. The van der Waals surface area contributed by atoms with Crippen LogP contribution in [0.4, 0.5) is 0 Å². The SMILES string of the molecule is CC(=O)O[C@H]1[C@H](OC(C)=O)[C@@H](CO)O[C@@](C)(O)[C@@H]1OC(C)=O. The number of aliphatic hydroxyl groups is 2. The topological polar surface area (TPSA) is 129 Å². The molecule has 1 rings (SSSR count). The van der Waals surface area contributed by atoms with Gasteiger partial charge in [-0.15, -0.1) is 0 Å². The van der Waals surface area contributed by atoms with Gasteiger partial charge in [-0.3, -0.25) is 14.4 Å². The van der Waals surface area contributed by atoms with Crippen LogP contribution in [0.5, 0.6) is 0 Å². The van der Waals surface area contributed by atoms with E-state index in [-0.39, 0.29) is 0 Å². The molecule has 0 radical (unpaired) electrons. The Hall–Kier alpha value is -1.71. The molecule has 5 atom stereocenters. The summed E-state index contributed by atoms with van der Waals surface area (Å²) in [5, 5.41) is 19.6. The van der Waals surface area contributed by atoms with E-state index in [2.05, 4.69) is 0 Å². The Labute approximate surface area is 127 Å². The quantitative estimate of drug-likeness (QED) is 0.489. The molecule has 1 aliphatic heterocycles. The van der Waals surface area contributed by atoms with Gasteiger partial charge in [-0.2, -0.15) is 0 Å². The normalized spacial score (nSPS) is 34.6. The predicted octanol–water partition coefficient (Wildman–Crippen LogP) is -1.12. The molecule has 2 N–H and O–H groups in total. The van der Waals surface area contributed by atoms with E-state index >= 15 is 0 Å². The minimum atomic E-state index is -2.05. The third-order valence-electron chi connectivity index (χ3n) is 2.98. The predicted molar refractivity (Wildman–Crippen MR) is 69.2 cm³/mol. The van der Waals surface area contributed by atoms with Crippen molar-refractivity contribution < 1.29 is 43.5 Å².